The van der Waals surface area contributed by atoms with Gasteiger partial charge in [-0.2, -0.15) is 13.2 Å². The van der Waals surface area contributed by atoms with E-state index in [1.54, 1.807) is 4.90 Å². The van der Waals surface area contributed by atoms with Gasteiger partial charge in [-0.05, 0) is 77.5 Å². The Kier molecular flexibility index (Phi) is 7.87. The first-order valence-corrected chi connectivity index (χ1v) is 10.7. The second kappa shape index (κ2) is 9.58. The SMILES string of the molecule is C[C@@H](CCC1CCN(C(=O)OC(C)(C)C)CC1)Oc1ccc(Br)c(C(F)(F)F)c1. The second-order valence-corrected chi connectivity index (χ2v) is 9.41. The van der Waals surface area contributed by atoms with E-state index < -0.39 is 17.3 Å². The van der Waals surface area contributed by atoms with Gasteiger partial charge in [-0.15, -0.1) is 0 Å². The molecule has 0 spiro atoms. The molecule has 1 saturated heterocycles. The first-order valence-electron chi connectivity index (χ1n) is 9.86. The van der Waals surface area contributed by atoms with E-state index in [0.717, 1.165) is 31.7 Å². The number of likely N-dealkylation sites (tertiary alicyclic amines) is 1. The Labute approximate surface area is 178 Å². The minimum Gasteiger partial charge on any atom is -0.491 e. The molecule has 8 heteroatoms. The maximum absolute atomic E-state index is 13.0. The summed E-state index contributed by atoms with van der Waals surface area (Å²) in [5, 5.41) is 0. The average molecular weight is 480 g/mol. The summed E-state index contributed by atoms with van der Waals surface area (Å²) < 4.78 is 50.2. The molecule has 1 fully saturated rings. The summed E-state index contributed by atoms with van der Waals surface area (Å²) >= 11 is 2.93. The van der Waals surface area contributed by atoms with Gasteiger partial charge < -0.3 is 14.4 Å². The van der Waals surface area contributed by atoms with Crippen molar-refractivity contribution in [2.75, 3.05) is 13.1 Å². The highest BCUT2D eigenvalue weighted by molar-refractivity contribution is 9.10. The third-order valence-corrected chi connectivity index (χ3v) is 5.52. The molecular formula is C21H29BrF3NO3. The van der Waals surface area contributed by atoms with Crippen molar-refractivity contribution < 1.29 is 27.4 Å². The lowest BCUT2D eigenvalue weighted by atomic mass is 9.91. The van der Waals surface area contributed by atoms with Gasteiger partial charge in [0, 0.05) is 17.6 Å². The van der Waals surface area contributed by atoms with Crippen LogP contribution in [0.25, 0.3) is 0 Å². The number of ether oxygens (including phenoxy) is 2. The number of rotatable bonds is 5. The summed E-state index contributed by atoms with van der Waals surface area (Å²) in [5.74, 6) is 0.683. The largest absolute Gasteiger partial charge is 0.491 e. The lowest BCUT2D eigenvalue weighted by molar-refractivity contribution is -0.138. The average Bonchev–Trinajstić information content (AvgIpc) is 2.59. The maximum Gasteiger partial charge on any atom is 0.417 e. The van der Waals surface area contributed by atoms with Crippen molar-refractivity contribution in [3.05, 3.63) is 28.2 Å². The number of nitrogens with zero attached hydrogens (tertiary/aromatic N) is 1. The number of hydrogen-bond donors (Lipinski definition) is 0. The van der Waals surface area contributed by atoms with Gasteiger partial charge in [-0.1, -0.05) is 15.9 Å². The predicted molar refractivity (Wildman–Crippen MR) is 109 cm³/mol. The van der Waals surface area contributed by atoms with E-state index in [-0.39, 0.29) is 22.4 Å². The fraction of sp³-hybridized carbons (Fsp3) is 0.667. The van der Waals surface area contributed by atoms with Crippen LogP contribution in [0.2, 0.25) is 0 Å². The maximum atomic E-state index is 13.0. The van der Waals surface area contributed by atoms with Crippen molar-refractivity contribution in [2.45, 2.75) is 71.3 Å². The van der Waals surface area contributed by atoms with Gasteiger partial charge in [-0.3, -0.25) is 0 Å². The molecular weight excluding hydrogens is 451 g/mol. The summed E-state index contributed by atoms with van der Waals surface area (Å²) in [5.41, 5.74) is -1.24. The van der Waals surface area contributed by atoms with Gasteiger partial charge in [0.1, 0.15) is 11.4 Å². The van der Waals surface area contributed by atoms with Crippen LogP contribution in [0.3, 0.4) is 0 Å². The molecule has 1 aromatic carbocycles. The summed E-state index contributed by atoms with van der Waals surface area (Å²) in [6.45, 7) is 8.74. The lowest BCUT2D eigenvalue weighted by Crippen LogP contribution is -2.41. The number of piperidine rings is 1. The van der Waals surface area contributed by atoms with Crippen LogP contribution in [-0.4, -0.2) is 35.8 Å². The Balaban J connectivity index is 1.78. The van der Waals surface area contributed by atoms with Crippen LogP contribution in [0.4, 0.5) is 18.0 Å². The molecule has 1 aliphatic heterocycles. The Morgan fingerprint density at radius 3 is 2.41 bits per heavy atom. The van der Waals surface area contributed by atoms with Gasteiger partial charge in [0.25, 0.3) is 0 Å². The molecule has 1 amide bonds. The van der Waals surface area contributed by atoms with Crippen molar-refractivity contribution in [1.29, 1.82) is 0 Å². The number of benzene rings is 1. The molecule has 2 rings (SSSR count). The zero-order valence-electron chi connectivity index (χ0n) is 17.3. The topological polar surface area (TPSA) is 38.8 Å². The van der Waals surface area contributed by atoms with Gasteiger partial charge in [0.05, 0.1) is 11.7 Å². The zero-order valence-corrected chi connectivity index (χ0v) is 18.9. The normalized spacial score (nSPS) is 17.2. The smallest absolute Gasteiger partial charge is 0.417 e. The first-order chi connectivity index (χ1) is 13.3. The Morgan fingerprint density at radius 2 is 1.86 bits per heavy atom. The van der Waals surface area contributed by atoms with E-state index in [9.17, 15) is 18.0 Å². The molecule has 4 nitrogen and oxygen atoms in total. The van der Waals surface area contributed by atoms with Crippen molar-refractivity contribution in [3.63, 3.8) is 0 Å². The van der Waals surface area contributed by atoms with Crippen LogP contribution in [0.15, 0.2) is 22.7 Å². The third kappa shape index (κ3) is 7.72. The summed E-state index contributed by atoms with van der Waals surface area (Å²) in [6, 6.07) is 3.92. The van der Waals surface area contributed by atoms with Crippen LogP contribution < -0.4 is 4.74 Å². The van der Waals surface area contributed by atoms with E-state index in [1.165, 1.54) is 12.1 Å². The molecule has 0 unspecified atom stereocenters. The number of halogens is 4. The fourth-order valence-corrected chi connectivity index (χ4v) is 3.76. The molecule has 0 N–H and O–H groups in total. The molecule has 0 radical (unpaired) electrons. The summed E-state index contributed by atoms with van der Waals surface area (Å²) in [6.07, 6.45) is -1.46. The monoisotopic (exact) mass is 479 g/mol. The fourth-order valence-electron chi connectivity index (χ4n) is 3.29. The molecule has 1 atom stereocenters. The molecule has 0 aliphatic carbocycles. The number of amides is 1. The van der Waals surface area contributed by atoms with Crippen molar-refractivity contribution >= 4 is 22.0 Å². The minimum absolute atomic E-state index is 0.00162. The molecule has 1 aliphatic rings. The molecule has 164 valence electrons. The van der Waals surface area contributed by atoms with Gasteiger partial charge in [0.15, 0.2) is 0 Å². The van der Waals surface area contributed by atoms with E-state index in [4.69, 9.17) is 9.47 Å². The first kappa shape index (κ1) is 23.8. The Hall–Kier alpha value is -1.44. The molecule has 1 heterocycles. The van der Waals surface area contributed by atoms with Crippen molar-refractivity contribution in [3.8, 4) is 5.75 Å². The highest BCUT2D eigenvalue weighted by Crippen LogP contribution is 2.37. The van der Waals surface area contributed by atoms with Crippen LogP contribution in [0.5, 0.6) is 5.75 Å². The Morgan fingerprint density at radius 1 is 1.24 bits per heavy atom. The van der Waals surface area contributed by atoms with E-state index in [1.807, 2.05) is 27.7 Å². The number of hydrogen-bond acceptors (Lipinski definition) is 3. The van der Waals surface area contributed by atoms with E-state index >= 15 is 0 Å². The second-order valence-electron chi connectivity index (χ2n) is 8.56. The highest BCUT2D eigenvalue weighted by atomic mass is 79.9. The Bertz CT molecular complexity index is 695. The zero-order chi connectivity index (χ0) is 21.8. The highest BCUT2D eigenvalue weighted by Gasteiger charge is 2.33. The summed E-state index contributed by atoms with van der Waals surface area (Å²) in [4.78, 5) is 13.9. The van der Waals surface area contributed by atoms with Crippen LogP contribution in [0.1, 0.15) is 58.9 Å². The number of alkyl halides is 3. The van der Waals surface area contributed by atoms with Crippen LogP contribution in [-0.2, 0) is 10.9 Å². The molecule has 0 aromatic heterocycles. The van der Waals surface area contributed by atoms with Crippen molar-refractivity contribution in [1.82, 2.24) is 4.90 Å². The van der Waals surface area contributed by atoms with Crippen LogP contribution in [0, 0.1) is 5.92 Å². The quantitative estimate of drug-likeness (QED) is 0.473. The van der Waals surface area contributed by atoms with E-state index in [0.29, 0.717) is 19.0 Å². The van der Waals surface area contributed by atoms with Gasteiger partial charge in [-0.25, -0.2) is 4.79 Å². The molecule has 0 bridgehead atoms. The molecule has 29 heavy (non-hydrogen) atoms. The molecule has 1 aromatic rings. The minimum atomic E-state index is -4.43. The van der Waals surface area contributed by atoms with E-state index in [2.05, 4.69) is 15.9 Å². The standard InChI is InChI=1S/C21H29BrF3NO3/c1-14(28-16-7-8-18(22)17(13-16)21(23,24)25)5-6-15-9-11-26(12-10-15)19(27)29-20(2,3)4/h7-8,13-15H,5-6,9-12H2,1-4H3/t14-/m0/s1. The van der Waals surface area contributed by atoms with Gasteiger partial charge in [0.2, 0.25) is 0 Å². The third-order valence-electron chi connectivity index (χ3n) is 4.83. The predicted octanol–water partition coefficient (Wildman–Crippen LogP) is 6.66. The van der Waals surface area contributed by atoms with Crippen LogP contribution >= 0.6 is 15.9 Å². The number of carbonyl (C=O) groups excluding carboxylic acids is 1. The van der Waals surface area contributed by atoms with Gasteiger partial charge >= 0.3 is 12.3 Å². The van der Waals surface area contributed by atoms with Crippen molar-refractivity contribution in [2.24, 2.45) is 5.92 Å². The number of carbonyl (C=O) groups is 1. The molecule has 0 saturated carbocycles. The summed E-state index contributed by atoms with van der Waals surface area (Å²) in [7, 11) is 0. The lowest BCUT2D eigenvalue weighted by Gasteiger charge is -2.33.